The zero-order valence-electron chi connectivity index (χ0n) is 19.1. The SMILES string of the molecule is CNC1CCN(C(=O)c2cccc(-c3cnc4[nH]c(C5=CCC(C)(C)CC5)cc4c3)n2)C1. The highest BCUT2D eigenvalue weighted by atomic mass is 16.2. The molecule has 0 bridgehead atoms. The van der Waals surface area contributed by atoms with E-state index in [1.165, 1.54) is 12.0 Å². The molecule has 1 amide bonds. The first-order valence-corrected chi connectivity index (χ1v) is 11.5. The number of aromatic nitrogens is 3. The third kappa shape index (κ3) is 4.07. The lowest BCUT2D eigenvalue weighted by Gasteiger charge is -2.28. The van der Waals surface area contributed by atoms with E-state index in [0.717, 1.165) is 60.3 Å². The first-order valence-electron chi connectivity index (χ1n) is 11.5. The van der Waals surface area contributed by atoms with Gasteiger partial charge >= 0.3 is 0 Å². The lowest BCUT2D eigenvalue weighted by molar-refractivity contribution is 0.0784. The Morgan fingerprint density at radius 1 is 1.28 bits per heavy atom. The molecule has 0 spiro atoms. The molecule has 1 fully saturated rings. The topological polar surface area (TPSA) is 73.9 Å². The Hall–Kier alpha value is -2.99. The van der Waals surface area contributed by atoms with E-state index in [1.807, 2.05) is 30.3 Å². The Balaban J connectivity index is 1.40. The summed E-state index contributed by atoms with van der Waals surface area (Å²) in [7, 11) is 1.94. The van der Waals surface area contributed by atoms with Crippen molar-refractivity contribution < 1.29 is 4.79 Å². The quantitative estimate of drug-likeness (QED) is 0.633. The average molecular weight is 430 g/mol. The third-order valence-electron chi connectivity index (χ3n) is 6.94. The fourth-order valence-electron chi connectivity index (χ4n) is 4.71. The summed E-state index contributed by atoms with van der Waals surface area (Å²) in [6.07, 6.45) is 8.57. The van der Waals surface area contributed by atoms with Crippen molar-refractivity contribution in [2.45, 2.75) is 45.6 Å². The summed E-state index contributed by atoms with van der Waals surface area (Å²) >= 11 is 0. The molecule has 166 valence electrons. The lowest BCUT2D eigenvalue weighted by atomic mass is 9.78. The highest BCUT2D eigenvalue weighted by Crippen LogP contribution is 2.38. The summed E-state index contributed by atoms with van der Waals surface area (Å²) in [4.78, 5) is 27.6. The van der Waals surface area contributed by atoms with Crippen molar-refractivity contribution in [2.24, 2.45) is 5.41 Å². The van der Waals surface area contributed by atoms with Gasteiger partial charge in [-0.2, -0.15) is 0 Å². The predicted molar refractivity (Wildman–Crippen MR) is 128 cm³/mol. The zero-order chi connectivity index (χ0) is 22.3. The molecule has 1 aliphatic heterocycles. The number of hydrogen-bond acceptors (Lipinski definition) is 4. The van der Waals surface area contributed by atoms with Crippen molar-refractivity contribution in [3.8, 4) is 11.3 Å². The van der Waals surface area contributed by atoms with Crippen LogP contribution in [0.25, 0.3) is 27.9 Å². The minimum atomic E-state index is -0.00488. The summed E-state index contributed by atoms with van der Waals surface area (Å²) in [6, 6.07) is 10.3. The van der Waals surface area contributed by atoms with E-state index in [0.29, 0.717) is 17.2 Å². The molecule has 1 aliphatic carbocycles. The van der Waals surface area contributed by atoms with Gasteiger partial charge in [0.1, 0.15) is 11.3 Å². The standard InChI is InChI=1S/C26H31N5O/c1-26(2)10-7-17(8-11-26)23-14-18-13-19(15-28-24(18)30-23)21-5-4-6-22(29-21)25(32)31-12-9-20(16-31)27-3/h4-7,13-15,20,27H,8-12,16H2,1-3H3,(H,28,30). The number of carbonyl (C=O) groups is 1. The number of likely N-dealkylation sites (N-methyl/N-ethyl adjacent to an activating group) is 1. The van der Waals surface area contributed by atoms with E-state index < -0.39 is 0 Å². The monoisotopic (exact) mass is 429 g/mol. The van der Waals surface area contributed by atoms with E-state index in [1.54, 1.807) is 6.07 Å². The van der Waals surface area contributed by atoms with Gasteiger partial charge in [0.25, 0.3) is 5.91 Å². The molecule has 1 unspecified atom stereocenters. The Bertz CT molecular complexity index is 1190. The second-order valence-electron chi connectivity index (χ2n) is 9.88. The summed E-state index contributed by atoms with van der Waals surface area (Å²) in [5.74, 6) is -0.00488. The molecular weight excluding hydrogens is 398 g/mol. The van der Waals surface area contributed by atoms with Gasteiger partial charge in [0.05, 0.1) is 5.69 Å². The van der Waals surface area contributed by atoms with Crippen LogP contribution in [-0.2, 0) is 0 Å². The largest absolute Gasteiger partial charge is 0.340 e. The molecule has 6 nitrogen and oxygen atoms in total. The van der Waals surface area contributed by atoms with Gasteiger partial charge in [-0.05, 0) is 68.0 Å². The van der Waals surface area contributed by atoms with Gasteiger partial charge in [-0.3, -0.25) is 4.79 Å². The first-order chi connectivity index (χ1) is 15.4. The second kappa shape index (κ2) is 8.17. The zero-order valence-corrected chi connectivity index (χ0v) is 19.1. The number of hydrogen-bond donors (Lipinski definition) is 2. The molecule has 5 rings (SSSR count). The number of allylic oxidation sites excluding steroid dienone is 2. The smallest absolute Gasteiger partial charge is 0.272 e. The van der Waals surface area contributed by atoms with Crippen LogP contribution in [0.3, 0.4) is 0 Å². The van der Waals surface area contributed by atoms with Gasteiger partial charge in [-0.25, -0.2) is 9.97 Å². The molecule has 0 aromatic carbocycles. The number of likely N-dealkylation sites (tertiary alicyclic amines) is 1. The maximum atomic E-state index is 12.9. The highest BCUT2D eigenvalue weighted by molar-refractivity contribution is 5.93. The Labute approximate surface area is 189 Å². The van der Waals surface area contributed by atoms with Crippen LogP contribution in [0.1, 0.15) is 55.7 Å². The van der Waals surface area contributed by atoms with Crippen molar-refractivity contribution in [1.29, 1.82) is 0 Å². The fourth-order valence-corrected chi connectivity index (χ4v) is 4.71. The molecule has 3 aromatic heterocycles. The minimum absolute atomic E-state index is 0.00488. The van der Waals surface area contributed by atoms with Crippen LogP contribution in [0.5, 0.6) is 0 Å². The van der Waals surface area contributed by atoms with E-state index in [-0.39, 0.29) is 5.91 Å². The van der Waals surface area contributed by atoms with Crippen molar-refractivity contribution >= 4 is 22.5 Å². The summed E-state index contributed by atoms with van der Waals surface area (Å²) in [5.41, 5.74) is 5.99. The van der Waals surface area contributed by atoms with Crippen LogP contribution in [-0.4, -0.2) is 51.9 Å². The van der Waals surface area contributed by atoms with Gasteiger partial charge in [0.2, 0.25) is 0 Å². The number of aromatic amines is 1. The van der Waals surface area contributed by atoms with Gasteiger partial charge in [-0.1, -0.05) is 26.0 Å². The van der Waals surface area contributed by atoms with E-state index >= 15 is 0 Å². The molecule has 32 heavy (non-hydrogen) atoms. The van der Waals surface area contributed by atoms with Crippen LogP contribution in [0, 0.1) is 5.41 Å². The van der Waals surface area contributed by atoms with Crippen LogP contribution in [0.2, 0.25) is 0 Å². The molecule has 4 heterocycles. The average Bonchev–Trinajstić information content (AvgIpc) is 3.45. The lowest BCUT2D eigenvalue weighted by Crippen LogP contribution is -2.33. The Kier molecular flexibility index (Phi) is 5.33. The van der Waals surface area contributed by atoms with Gasteiger partial charge in [-0.15, -0.1) is 0 Å². The molecule has 1 atom stereocenters. The number of amides is 1. The summed E-state index contributed by atoms with van der Waals surface area (Å²) in [5, 5.41) is 4.32. The summed E-state index contributed by atoms with van der Waals surface area (Å²) < 4.78 is 0. The predicted octanol–water partition coefficient (Wildman–Crippen LogP) is 4.65. The Morgan fingerprint density at radius 3 is 2.91 bits per heavy atom. The number of pyridine rings is 2. The van der Waals surface area contributed by atoms with E-state index in [9.17, 15) is 4.79 Å². The van der Waals surface area contributed by atoms with Crippen molar-refractivity contribution in [2.75, 3.05) is 20.1 Å². The molecule has 6 heteroatoms. The van der Waals surface area contributed by atoms with Gasteiger partial charge in [0, 0.05) is 42.0 Å². The number of rotatable bonds is 4. The first kappa shape index (κ1) is 20.9. The molecule has 0 radical (unpaired) electrons. The van der Waals surface area contributed by atoms with Crippen LogP contribution in [0.15, 0.2) is 42.6 Å². The molecule has 2 N–H and O–H groups in total. The number of nitrogens with zero attached hydrogens (tertiary/aromatic N) is 3. The van der Waals surface area contributed by atoms with Gasteiger partial charge in [0.15, 0.2) is 0 Å². The van der Waals surface area contributed by atoms with Crippen molar-refractivity contribution in [3.63, 3.8) is 0 Å². The normalized spacial score (nSPS) is 20.5. The molecule has 0 saturated carbocycles. The maximum Gasteiger partial charge on any atom is 0.272 e. The minimum Gasteiger partial charge on any atom is -0.340 e. The van der Waals surface area contributed by atoms with Crippen molar-refractivity contribution in [3.05, 3.63) is 54.0 Å². The van der Waals surface area contributed by atoms with Gasteiger partial charge < -0.3 is 15.2 Å². The maximum absolute atomic E-state index is 12.9. The number of nitrogens with one attached hydrogen (secondary N) is 2. The molecule has 1 saturated heterocycles. The van der Waals surface area contributed by atoms with E-state index in [2.05, 4.69) is 52.3 Å². The number of carbonyl (C=O) groups excluding carboxylic acids is 1. The number of H-pyrrole nitrogens is 1. The highest BCUT2D eigenvalue weighted by Gasteiger charge is 2.27. The van der Waals surface area contributed by atoms with E-state index in [4.69, 9.17) is 0 Å². The Morgan fingerprint density at radius 2 is 2.16 bits per heavy atom. The van der Waals surface area contributed by atoms with Crippen LogP contribution >= 0.6 is 0 Å². The molecule has 2 aliphatic rings. The van der Waals surface area contributed by atoms with Crippen molar-refractivity contribution in [1.82, 2.24) is 25.2 Å². The van der Waals surface area contributed by atoms with Crippen LogP contribution < -0.4 is 5.32 Å². The number of fused-ring (bicyclic) bond motifs is 1. The fraction of sp³-hybridized carbons (Fsp3) is 0.423. The molecule has 3 aromatic rings. The second-order valence-corrected chi connectivity index (χ2v) is 9.88. The third-order valence-corrected chi connectivity index (χ3v) is 6.94. The van der Waals surface area contributed by atoms with Crippen LogP contribution in [0.4, 0.5) is 0 Å². The summed E-state index contributed by atoms with van der Waals surface area (Å²) in [6.45, 7) is 6.15. The molecular formula is C26H31N5O.